The molecule has 0 radical (unpaired) electrons. The summed E-state index contributed by atoms with van der Waals surface area (Å²) in [4.78, 5) is 16.3. The molecule has 0 saturated carbocycles. The second-order valence-electron chi connectivity index (χ2n) is 4.88. The second-order valence-corrected chi connectivity index (χ2v) is 6.24. The minimum atomic E-state index is -0.364. The maximum Gasteiger partial charge on any atom is 0.278 e. The van der Waals surface area contributed by atoms with Gasteiger partial charge < -0.3 is 9.47 Å². The standard InChI is InChI=1S/C15H15N5O3S2/c1-3-6-23-11-5-4-9(7-12(11)22-2)13-16-15(25-19-13)17-14(21)10-8-24-20-18-10/h4-5,7-8H,3,6H2,1-2H3,(H,16,17,19,21). The van der Waals surface area contributed by atoms with Gasteiger partial charge in [0.25, 0.3) is 5.91 Å². The van der Waals surface area contributed by atoms with Gasteiger partial charge in [-0.05, 0) is 36.2 Å². The quantitative estimate of drug-likeness (QED) is 0.675. The number of methoxy groups -OCH3 is 1. The number of carbonyl (C=O) groups is 1. The summed E-state index contributed by atoms with van der Waals surface area (Å²) in [6.45, 7) is 2.66. The molecule has 0 fully saturated rings. The van der Waals surface area contributed by atoms with Crippen molar-refractivity contribution in [2.45, 2.75) is 13.3 Å². The lowest BCUT2D eigenvalue weighted by molar-refractivity contribution is 0.102. The SMILES string of the molecule is CCCOc1ccc(-c2nsc(NC(=O)c3csnn3)n2)cc1OC. The second kappa shape index (κ2) is 7.99. The van der Waals surface area contributed by atoms with Gasteiger partial charge >= 0.3 is 0 Å². The molecule has 0 aliphatic carbocycles. The van der Waals surface area contributed by atoms with E-state index in [2.05, 4.69) is 24.3 Å². The molecule has 25 heavy (non-hydrogen) atoms. The third kappa shape index (κ3) is 4.09. The predicted molar refractivity (Wildman–Crippen MR) is 95.5 cm³/mol. The summed E-state index contributed by atoms with van der Waals surface area (Å²) in [6.07, 6.45) is 0.913. The van der Waals surface area contributed by atoms with Crippen LogP contribution in [-0.2, 0) is 0 Å². The molecule has 0 aliphatic rings. The zero-order valence-corrected chi connectivity index (χ0v) is 15.2. The Balaban J connectivity index is 1.76. The lowest BCUT2D eigenvalue weighted by atomic mass is 10.2. The van der Waals surface area contributed by atoms with Gasteiger partial charge in [-0.15, -0.1) is 5.10 Å². The molecule has 0 atom stereocenters. The van der Waals surface area contributed by atoms with Crippen LogP contribution in [0, 0.1) is 0 Å². The van der Waals surface area contributed by atoms with Crippen LogP contribution in [0.15, 0.2) is 23.6 Å². The summed E-state index contributed by atoms with van der Waals surface area (Å²) in [7, 11) is 1.58. The van der Waals surface area contributed by atoms with Gasteiger partial charge in [-0.3, -0.25) is 10.1 Å². The number of nitrogens with zero attached hydrogens (tertiary/aromatic N) is 4. The van der Waals surface area contributed by atoms with Crippen molar-refractivity contribution in [2.75, 3.05) is 19.0 Å². The fraction of sp³-hybridized carbons (Fsp3) is 0.267. The third-order valence-electron chi connectivity index (χ3n) is 3.12. The molecule has 2 heterocycles. The molecule has 8 nitrogen and oxygen atoms in total. The van der Waals surface area contributed by atoms with E-state index < -0.39 is 0 Å². The number of benzene rings is 1. The highest BCUT2D eigenvalue weighted by molar-refractivity contribution is 7.10. The van der Waals surface area contributed by atoms with E-state index in [-0.39, 0.29) is 11.6 Å². The van der Waals surface area contributed by atoms with Crippen LogP contribution in [0.2, 0.25) is 0 Å². The van der Waals surface area contributed by atoms with Crippen LogP contribution in [0.25, 0.3) is 11.4 Å². The number of ether oxygens (including phenoxy) is 2. The van der Waals surface area contributed by atoms with E-state index in [1.165, 1.54) is 0 Å². The number of aromatic nitrogens is 4. The Morgan fingerprint density at radius 3 is 2.92 bits per heavy atom. The summed E-state index contributed by atoms with van der Waals surface area (Å²) in [6, 6.07) is 5.48. The van der Waals surface area contributed by atoms with Crippen LogP contribution in [0.5, 0.6) is 11.5 Å². The summed E-state index contributed by atoms with van der Waals surface area (Å²) in [5.41, 5.74) is 1.02. The Morgan fingerprint density at radius 1 is 1.32 bits per heavy atom. The first kappa shape index (κ1) is 17.2. The molecule has 3 rings (SSSR count). The molecule has 0 saturated heterocycles. The number of hydrogen-bond acceptors (Lipinski definition) is 9. The number of hydrogen-bond donors (Lipinski definition) is 1. The number of nitrogens with one attached hydrogen (secondary N) is 1. The average molecular weight is 377 g/mol. The molecule has 10 heteroatoms. The van der Waals surface area contributed by atoms with Crippen LogP contribution < -0.4 is 14.8 Å². The van der Waals surface area contributed by atoms with Crippen LogP contribution in [-0.4, -0.2) is 38.6 Å². The lowest BCUT2D eigenvalue weighted by Gasteiger charge is -2.10. The zero-order valence-electron chi connectivity index (χ0n) is 13.6. The third-order valence-corrected chi connectivity index (χ3v) is 4.26. The first-order chi connectivity index (χ1) is 12.2. The van der Waals surface area contributed by atoms with Gasteiger partial charge in [0, 0.05) is 22.5 Å². The largest absolute Gasteiger partial charge is 0.493 e. The fourth-order valence-electron chi connectivity index (χ4n) is 1.95. The van der Waals surface area contributed by atoms with E-state index in [1.807, 2.05) is 25.1 Å². The number of carbonyl (C=O) groups excluding carboxylic acids is 1. The number of rotatable bonds is 7. The summed E-state index contributed by atoms with van der Waals surface area (Å²) in [5.74, 6) is 1.42. The van der Waals surface area contributed by atoms with E-state index in [0.29, 0.717) is 29.1 Å². The van der Waals surface area contributed by atoms with E-state index in [9.17, 15) is 4.79 Å². The Morgan fingerprint density at radius 2 is 2.20 bits per heavy atom. The van der Waals surface area contributed by atoms with Gasteiger partial charge in [0.1, 0.15) is 0 Å². The smallest absolute Gasteiger partial charge is 0.278 e. The highest BCUT2D eigenvalue weighted by atomic mass is 32.1. The number of amides is 1. The monoisotopic (exact) mass is 377 g/mol. The van der Waals surface area contributed by atoms with E-state index in [1.54, 1.807) is 12.5 Å². The summed E-state index contributed by atoms with van der Waals surface area (Å²) in [5, 5.41) is 8.33. The molecule has 130 valence electrons. The molecule has 2 aromatic heterocycles. The first-order valence-electron chi connectivity index (χ1n) is 7.44. The normalized spacial score (nSPS) is 10.5. The lowest BCUT2D eigenvalue weighted by Crippen LogP contribution is -2.12. The maximum atomic E-state index is 12.0. The molecule has 0 bridgehead atoms. The van der Waals surface area contributed by atoms with E-state index >= 15 is 0 Å². The predicted octanol–water partition coefficient (Wildman–Crippen LogP) is 3.11. The highest BCUT2D eigenvalue weighted by Crippen LogP contribution is 2.32. The zero-order chi connectivity index (χ0) is 17.6. The minimum absolute atomic E-state index is 0.251. The van der Waals surface area contributed by atoms with Gasteiger partial charge in [0.05, 0.1) is 13.7 Å². The minimum Gasteiger partial charge on any atom is -0.493 e. The van der Waals surface area contributed by atoms with E-state index in [0.717, 1.165) is 35.0 Å². The van der Waals surface area contributed by atoms with Crippen LogP contribution in [0.3, 0.4) is 0 Å². The van der Waals surface area contributed by atoms with Crippen molar-refractivity contribution >= 4 is 34.1 Å². The van der Waals surface area contributed by atoms with Crippen molar-refractivity contribution in [3.05, 3.63) is 29.3 Å². The van der Waals surface area contributed by atoms with Crippen LogP contribution >= 0.6 is 23.1 Å². The van der Waals surface area contributed by atoms with Gasteiger partial charge in [0.15, 0.2) is 23.0 Å². The molecule has 1 amide bonds. The molecule has 0 aliphatic heterocycles. The number of anilines is 1. The Labute approximate surface area is 152 Å². The topological polar surface area (TPSA) is 99.1 Å². The van der Waals surface area contributed by atoms with Gasteiger partial charge in [-0.1, -0.05) is 11.4 Å². The maximum absolute atomic E-state index is 12.0. The van der Waals surface area contributed by atoms with Crippen molar-refractivity contribution in [3.8, 4) is 22.9 Å². The van der Waals surface area contributed by atoms with Crippen molar-refractivity contribution in [3.63, 3.8) is 0 Å². The van der Waals surface area contributed by atoms with Crippen molar-refractivity contribution in [1.82, 2.24) is 18.9 Å². The Kier molecular flexibility index (Phi) is 5.51. The molecular weight excluding hydrogens is 362 g/mol. The highest BCUT2D eigenvalue weighted by Gasteiger charge is 2.14. The Bertz CT molecular complexity index is 851. The molecule has 1 aromatic carbocycles. The van der Waals surface area contributed by atoms with E-state index in [4.69, 9.17) is 9.47 Å². The van der Waals surface area contributed by atoms with Crippen LogP contribution in [0.4, 0.5) is 5.13 Å². The molecule has 0 unspecified atom stereocenters. The molecule has 1 N–H and O–H groups in total. The average Bonchev–Trinajstić information content (AvgIpc) is 3.31. The van der Waals surface area contributed by atoms with Crippen molar-refractivity contribution < 1.29 is 14.3 Å². The molecular formula is C15H15N5O3S2. The van der Waals surface area contributed by atoms with Gasteiger partial charge in [-0.2, -0.15) is 9.36 Å². The first-order valence-corrected chi connectivity index (χ1v) is 9.05. The van der Waals surface area contributed by atoms with Gasteiger partial charge in [0.2, 0.25) is 5.13 Å². The van der Waals surface area contributed by atoms with Crippen molar-refractivity contribution in [2.24, 2.45) is 0 Å². The molecule has 3 aromatic rings. The summed E-state index contributed by atoms with van der Waals surface area (Å²) >= 11 is 2.20. The van der Waals surface area contributed by atoms with Gasteiger partial charge in [-0.25, -0.2) is 0 Å². The summed E-state index contributed by atoms with van der Waals surface area (Å²) < 4.78 is 18.9. The van der Waals surface area contributed by atoms with Crippen LogP contribution in [0.1, 0.15) is 23.8 Å². The van der Waals surface area contributed by atoms with Crippen molar-refractivity contribution in [1.29, 1.82) is 0 Å². The fourth-order valence-corrected chi connectivity index (χ4v) is 2.98. The molecule has 0 spiro atoms. The Hall–Kier alpha value is -2.59.